The molecule has 4 nitrogen and oxygen atoms in total. The van der Waals surface area contributed by atoms with E-state index in [1.807, 2.05) is 6.92 Å². The van der Waals surface area contributed by atoms with Crippen LogP contribution in [0.15, 0.2) is 65.6 Å². The lowest BCUT2D eigenvalue weighted by atomic mass is 10.2. The Bertz CT molecular complexity index is 1090. The first-order chi connectivity index (χ1) is 12.8. The molecule has 0 atom stereocenters. The van der Waals surface area contributed by atoms with Crippen LogP contribution in [0.25, 0.3) is 0 Å². The second-order valence-corrected chi connectivity index (χ2v) is 7.81. The van der Waals surface area contributed by atoms with Crippen LogP contribution < -0.4 is 9.46 Å². The Balaban J connectivity index is 1.82. The number of benzene rings is 3. The predicted molar refractivity (Wildman–Crippen MR) is 99.9 cm³/mol. The van der Waals surface area contributed by atoms with Crippen molar-refractivity contribution >= 4 is 27.3 Å². The highest BCUT2D eigenvalue weighted by molar-refractivity contribution is 7.92. The zero-order chi connectivity index (χ0) is 19.6. The highest BCUT2D eigenvalue weighted by Gasteiger charge is 2.16. The molecule has 0 aliphatic heterocycles. The number of halogens is 3. The summed E-state index contributed by atoms with van der Waals surface area (Å²) in [5, 5.41) is -0.157. The topological polar surface area (TPSA) is 55.4 Å². The maximum absolute atomic E-state index is 14.3. The van der Waals surface area contributed by atoms with Gasteiger partial charge in [-0.15, -0.1) is 0 Å². The largest absolute Gasteiger partial charge is 0.451 e. The van der Waals surface area contributed by atoms with Gasteiger partial charge in [0, 0.05) is 6.07 Å². The van der Waals surface area contributed by atoms with Gasteiger partial charge < -0.3 is 4.74 Å². The second-order valence-electron chi connectivity index (χ2n) is 5.72. The van der Waals surface area contributed by atoms with E-state index in [4.69, 9.17) is 16.3 Å². The summed E-state index contributed by atoms with van der Waals surface area (Å²) in [4.78, 5) is 0.0508. The van der Waals surface area contributed by atoms with Crippen LogP contribution in [0.5, 0.6) is 11.5 Å². The van der Waals surface area contributed by atoms with Crippen molar-refractivity contribution in [1.82, 2.24) is 0 Å². The van der Waals surface area contributed by atoms with E-state index in [9.17, 15) is 17.2 Å². The maximum Gasteiger partial charge on any atom is 0.261 e. The summed E-state index contributed by atoms with van der Waals surface area (Å²) in [6.07, 6.45) is 0. The highest BCUT2D eigenvalue weighted by atomic mass is 35.5. The summed E-state index contributed by atoms with van der Waals surface area (Å²) in [7, 11) is -3.87. The van der Waals surface area contributed by atoms with Crippen LogP contribution in [0.4, 0.5) is 14.5 Å². The number of ether oxygens (including phenoxy) is 1. The number of hydrogen-bond donors (Lipinski definition) is 1. The van der Waals surface area contributed by atoms with E-state index in [0.717, 1.165) is 11.6 Å². The molecule has 0 bridgehead atoms. The molecule has 3 rings (SSSR count). The Morgan fingerprint density at radius 2 is 1.67 bits per heavy atom. The predicted octanol–water partition coefficient (Wildman–Crippen LogP) is 5.52. The molecule has 0 fully saturated rings. The molecule has 0 spiro atoms. The van der Waals surface area contributed by atoms with Crippen LogP contribution in [-0.4, -0.2) is 8.42 Å². The molecule has 140 valence electrons. The van der Waals surface area contributed by atoms with Crippen LogP contribution >= 0.6 is 11.6 Å². The van der Waals surface area contributed by atoms with Crippen LogP contribution in [0, 0.1) is 18.6 Å². The Kier molecular flexibility index (Phi) is 5.34. The summed E-state index contributed by atoms with van der Waals surface area (Å²) < 4.78 is 60.3. The third kappa shape index (κ3) is 4.37. The number of rotatable bonds is 5. The number of anilines is 1. The van der Waals surface area contributed by atoms with Gasteiger partial charge in [-0.1, -0.05) is 35.4 Å². The van der Waals surface area contributed by atoms with Crippen molar-refractivity contribution in [1.29, 1.82) is 0 Å². The van der Waals surface area contributed by atoms with Gasteiger partial charge in [0.1, 0.15) is 0 Å². The summed E-state index contributed by atoms with van der Waals surface area (Å²) in [6, 6.07) is 13.8. The molecule has 0 aliphatic rings. The molecule has 0 aromatic heterocycles. The average Bonchev–Trinajstić information content (AvgIpc) is 2.61. The lowest BCUT2D eigenvalue weighted by Gasteiger charge is -2.11. The van der Waals surface area contributed by atoms with Gasteiger partial charge in [-0.25, -0.2) is 17.2 Å². The van der Waals surface area contributed by atoms with Crippen LogP contribution in [0.2, 0.25) is 5.02 Å². The first-order valence-corrected chi connectivity index (χ1v) is 9.63. The van der Waals surface area contributed by atoms with Crippen molar-refractivity contribution in [3.05, 3.63) is 82.9 Å². The third-order valence-electron chi connectivity index (χ3n) is 3.65. The Hall–Kier alpha value is -2.64. The fourth-order valence-corrected chi connectivity index (χ4v) is 3.48. The van der Waals surface area contributed by atoms with Gasteiger partial charge in [-0.05, 0) is 43.3 Å². The van der Waals surface area contributed by atoms with Gasteiger partial charge >= 0.3 is 0 Å². The standard InChI is InChI=1S/C19H14ClF2NO3S/c1-12-5-8-14(9-6-12)27(24,25)23-13-7-10-17(16(21)11-13)26-18-4-2-3-15(20)19(18)22/h2-11,23H,1H3. The van der Waals surface area contributed by atoms with Gasteiger partial charge in [0.15, 0.2) is 23.1 Å². The molecule has 0 radical (unpaired) electrons. The lowest BCUT2D eigenvalue weighted by molar-refractivity contribution is 0.415. The van der Waals surface area contributed by atoms with Gasteiger partial charge in [0.05, 0.1) is 15.6 Å². The molecular formula is C19H14ClF2NO3S. The molecule has 0 aliphatic carbocycles. The van der Waals surface area contributed by atoms with Gasteiger partial charge in [0.2, 0.25) is 0 Å². The smallest absolute Gasteiger partial charge is 0.261 e. The Morgan fingerprint density at radius 1 is 0.963 bits per heavy atom. The fraction of sp³-hybridized carbons (Fsp3) is 0.0526. The number of sulfonamides is 1. The van der Waals surface area contributed by atoms with Crippen molar-refractivity contribution in [2.75, 3.05) is 4.72 Å². The third-order valence-corrected chi connectivity index (χ3v) is 5.34. The molecular weight excluding hydrogens is 396 g/mol. The Labute approximate surface area is 160 Å². The van der Waals surface area contributed by atoms with E-state index in [1.165, 1.54) is 42.5 Å². The van der Waals surface area contributed by atoms with E-state index in [1.54, 1.807) is 12.1 Å². The zero-order valence-corrected chi connectivity index (χ0v) is 15.6. The summed E-state index contributed by atoms with van der Waals surface area (Å²) >= 11 is 5.66. The molecule has 27 heavy (non-hydrogen) atoms. The summed E-state index contributed by atoms with van der Waals surface area (Å²) in [6.45, 7) is 1.83. The molecule has 0 unspecified atom stereocenters. The first-order valence-electron chi connectivity index (χ1n) is 7.77. The molecule has 0 saturated heterocycles. The normalized spacial score (nSPS) is 11.3. The number of hydrogen-bond acceptors (Lipinski definition) is 3. The zero-order valence-electron chi connectivity index (χ0n) is 14.0. The van der Waals surface area contributed by atoms with E-state index in [0.29, 0.717) is 0 Å². The molecule has 1 N–H and O–H groups in total. The molecule has 0 amide bonds. The molecule has 3 aromatic carbocycles. The summed E-state index contributed by atoms with van der Waals surface area (Å²) in [5.74, 6) is -2.19. The minimum Gasteiger partial charge on any atom is -0.451 e. The minimum absolute atomic E-state index is 0.00647. The van der Waals surface area contributed by atoms with Gasteiger partial charge in [-0.3, -0.25) is 4.72 Å². The van der Waals surface area contributed by atoms with Crippen molar-refractivity contribution < 1.29 is 21.9 Å². The number of aryl methyl sites for hydroxylation is 1. The maximum atomic E-state index is 14.3. The molecule has 0 saturated carbocycles. The molecule has 8 heteroatoms. The van der Waals surface area contributed by atoms with E-state index < -0.39 is 21.7 Å². The highest BCUT2D eigenvalue weighted by Crippen LogP contribution is 2.31. The average molecular weight is 410 g/mol. The van der Waals surface area contributed by atoms with Gasteiger partial charge in [-0.2, -0.15) is 0 Å². The fourth-order valence-electron chi connectivity index (χ4n) is 2.26. The van der Waals surface area contributed by atoms with Crippen molar-refractivity contribution in [3.8, 4) is 11.5 Å². The first kappa shape index (κ1) is 19.1. The van der Waals surface area contributed by atoms with E-state index in [2.05, 4.69) is 4.72 Å². The van der Waals surface area contributed by atoms with Crippen LogP contribution in [0.1, 0.15) is 5.56 Å². The quantitative estimate of drug-likeness (QED) is 0.603. The lowest BCUT2D eigenvalue weighted by Crippen LogP contribution is -2.13. The second kappa shape index (κ2) is 7.54. The van der Waals surface area contributed by atoms with Gasteiger partial charge in [0.25, 0.3) is 10.0 Å². The Morgan fingerprint density at radius 3 is 2.33 bits per heavy atom. The van der Waals surface area contributed by atoms with E-state index in [-0.39, 0.29) is 27.1 Å². The molecule has 0 heterocycles. The monoisotopic (exact) mass is 409 g/mol. The van der Waals surface area contributed by atoms with Crippen molar-refractivity contribution in [3.63, 3.8) is 0 Å². The SMILES string of the molecule is Cc1ccc(S(=O)(=O)Nc2ccc(Oc3cccc(Cl)c3F)c(F)c2)cc1. The van der Waals surface area contributed by atoms with Crippen LogP contribution in [0.3, 0.4) is 0 Å². The van der Waals surface area contributed by atoms with Crippen molar-refractivity contribution in [2.45, 2.75) is 11.8 Å². The summed E-state index contributed by atoms with van der Waals surface area (Å²) in [5.41, 5.74) is 0.918. The molecule has 3 aromatic rings. The van der Waals surface area contributed by atoms with E-state index >= 15 is 0 Å². The van der Waals surface area contributed by atoms with Crippen LogP contribution in [-0.2, 0) is 10.0 Å². The van der Waals surface area contributed by atoms with Crippen molar-refractivity contribution in [2.24, 2.45) is 0 Å². The number of nitrogens with one attached hydrogen (secondary N) is 1. The minimum atomic E-state index is -3.87.